The van der Waals surface area contributed by atoms with Gasteiger partial charge in [-0.3, -0.25) is 4.79 Å². The number of hydrogen-bond acceptors (Lipinski definition) is 6. The van der Waals surface area contributed by atoms with Gasteiger partial charge in [-0.25, -0.2) is 14.8 Å². The molecule has 0 fully saturated rings. The maximum Gasteiger partial charge on any atom is 0.338 e. The fourth-order valence-electron chi connectivity index (χ4n) is 2.61. The zero-order chi connectivity index (χ0) is 20.8. The molecule has 29 heavy (non-hydrogen) atoms. The lowest BCUT2D eigenvalue weighted by Crippen LogP contribution is -2.15. The quantitative estimate of drug-likeness (QED) is 0.611. The summed E-state index contributed by atoms with van der Waals surface area (Å²) in [5.41, 5.74) is 3.86. The maximum atomic E-state index is 12.6. The molecule has 1 amide bonds. The molecule has 0 spiro atoms. The molecule has 0 bridgehead atoms. The highest BCUT2D eigenvalue weighted by atomic mass is 16.5. The molecule has 0 aliphatic carbocycles. The van der Waals surface area contributed by atoms with Gasteiger partial charge in [0.1, 0.15) is 5.69 Å². The number of nitrogens with one attached hydrogen (secondary N) is 2. The third kappa shape index (κ3) is 5.38. The van der Waals surface area contributed by atoms with Gasteiger partial charge in [0.05, 0.1) is 12.2 Å². The first kappa shape index (κ1) is 20.0. The van der Waals surface area contributed by atoms with Crippen molar-refractivity contribution in [2.45, 2.75) is 20.8 Å². The number of nitrogens with zero attached hydrogens (tertiary/aromatic N) is 2. The minimum Gasteiger partial charge on any atom is -0.462 e. The molecule has 0 radical (unpaired) electrons. The maximum absolute atomic E-state index is 12.6. The van der Waals surface area contributed by atoms with E-state index in [0.29, 0.717) is 29.5 Å². The van der Waals surface area contributed by atoms with Gasteiger partial charge in [-0.05, 0) is 63.2 Å². The van der Waals surface area contributed by atoms with Crippen LogP contribution in [0.15, 0.2) is 54.6 Å². The summed E-state index contributed by atoms with van der Waals surface area (Å²) in [6, 6.07) is 15.9. The van der Waals surface area contributed by atoms with Crippen LogP contribution in [0, 0.1) is 13.8 Å². The molecule has 0 aliphatic heterocycles. The molecule has 0 saturated carbocycles. The number of benzene rings is 2. The molecule has 0 atom stereocenters. The molecular formula is C22H22N4O3. The van der Waals surface area contributed by atoms with Gasteiger partial charge < -0.3 is 15.4 Å². The number of esters is 1. The Morgan fingerprint density at radius 1 is 0.931 bits per heavy atom. The molecule has 1 heterocycles. The molecule has 7 heteroatoms. The summed E-state index contributed by atoms with van der Waals surface area (Å²) in [4.78, 5) is 33.0. The molecule has 7 nitrogen and oxygen atoms in total. The summed E-state index contributed by atoms with van der Waals surface area (Å²) in [5, 5.41) is 5.88. The van der Waals surface area contributed by atoms with E-state index >= 15 is 0 Å². The summed E-state index contributed by atoms with van der Waals surface area (Å²) in [5.74, 6) is -0.424. The van der Waals surface area contributed by atoms with Crippen molar-refractivity contribution in [2.24, 2.45) is 0 Å². The molecule has 3 rings (SSSR count). The van der Waals surface area contributed by atoms with Crippen molar-refractivity contribution in [2.75, 3.05) is 17.2 Å². The Labute approximate surface area is 169 Å². The zero-order valence-electron chi connectivity index (χ0n) is 16.5. The normalized spacial score (nSPS) is 10.3. The molecule has 0 unspecified atom stereocenters. The fourth-order valence-corrected chi connectivity index (χ4v) is 2.61. The van der Waals surface area contributed by atoms with Crippen LogP contribution >= 0.6 is 0 Å². The molecule has 0 saturated heterocycles. The Morgan fingerprint density at radius 3 is 2.24 bits per heavy atom. The van der Waals surface area contributed by atoms with Crippen LogP contribution in [0.3, 0.4) is 0 Å². The predicted octanol–water partition coefficient (Wildman–Crippen LogP) is 4.27. The monoisotopic (exact) mass is 390 g/mol. The van der Waals surface area contributed by atoms with Crippen molar-refractivity contribution in [1.82, 2.24) is 9.97 Å². The zero-order valence-corrected chi connectivity index (χ0v) is 16.5. The average Bonchev–Trinajstić information content (AvgIpc) is 2.70. The highest BCUT2D eigenvalue weighted by Gasteiger charge is 2.12. The molecule has 0 aliphatic rings. The Kier molecular flexibility index (Phi) is 6.19. The molecule has 148 valence electrons. The third-order valence-electron chi connectivity index (χ3n) is 4.05. The summed E-state index contributed by atoms with van der Waals surface area (Å²) in [7, 11) is 0. The number of rotatable bonds is 6. The third-order valence-corrected chi connectivity index (χ3v) is 4.05. The van der Waals surface area contributed by atoms with E-state index in [4.69, 9.17) is 4.74 Å². The van der Waals surface area contributed by atoms with Crippen LogP contribution in [-0.2, 0) is 4.74 Å². The SMILES string of the molecule is CCOC(=O)c1ccc(NC(=O)c2cc(C)nc(Nc3ccc(C)cc3)n2)cc1. The van der Waals surface area contributed by atoms with E-state index in [1.165, 1.54) is 0 Å². The van der Waals surface area contributed by atoms with Crippen LogP contribution in [0.25, 0.3) is 0 Å². The lowest BCUT2D eigenvalue weighted by atomic mass is 10.2. The number of anilines is 3. The van der Waals surface area contributed by atoms with Crippen LogP contribution in [0.4, 0.5) is 17.3 Å². The van der Waals surface area contributed by atoms with Gasteiger partial charge in [0.15, 0.2) is 0 Å². The van der Waals surface area contributed by atoms with E-state index in [-0.39, 0.29) is 11.6 Å². The van der Waals surface area contributed by atoms with Gasteiger partial charge >= 0.3 is 5.97 Å². The van der Waals surface area contributed by atoms with Crippen LogP contribution in [-0.4, -0.2) is 28.5 Å². The number of hydrogen-bond donors (Lipinski definition) is 2. The van der Waals surface area contributed by atoms with Gasteiger partial charge in [0.25, 0.3) is 5.91 Å². The van der Waals surface area contributed by atoms with Crippen molar-refractivity contribution >= 4 is 29.2 Å². The number of aromatic nitrogens is 2. The number of amides is 1. The summed E-state index contributed by atoms with van der Waals surface area (Å²) >= 11 is 0. The molecule has 2 aromatic carbocycles. The van der Waals surface area contributed by atoms with Crippen LogP contribution < -0.4 is 10.6 Å². The first-order valence-corrected chi connectivity index (χ1v) is 9.22. The summed E-state index contributed by atoms with van der Waals surface area (Å²) < 4.78 is 4.95. The van der Waals surface area contributed by atoms with Crippen molar-refractivity contribution in [3.05, 3.63) is 77.1 Å². The number of carbonyl (C=O) groups is 2. The summed E-state index contributed by atoms with van der Waals surface area (Å²) in [6.07, 6.45) is 0. The van der Waals surface area contributed by atoms with Gasteiger partial charge in [-0.15, -0.1) is 0 Å². The second-order valence-electron chi connectivity index (χ2n) is 6.46. The average molecular weight is 390 g/mol. The largest absolute Gasteiger partial charge is 0.462 e. The predicted molar refractivity (Wildman–Crippen MR) is 112 cm³/mol. The van der Waals surface area contributed by atoms with Crippen LogP contribution in [0.1, 0.15) is 39.0 Å². The Balaban J connectivity index is 1.72. The fraction of sp³-hybridized carbons (Fsp3) is 0.182. The molecule has 1 aromatic heterocycles. The standard InChI is InChI=1S/C22H22N4O3/c1-4-29-21(28)16-7-11-17(12-8-16)24-20(27)19-13-15(3)23-22(26-19)25-18-9-5-14(2)6-10-18/h5-13H,4H2,1-3H3,(H,24,27)(H,23,25,26). The Hall–Kier alpha value is -3.74. The van der Waals surface area contributed by atoms with Crippen molar-refractivity contribution in [3.8, 4) is 0 Å². The minimum absolute atomic E-state index is 0.238. The number of ether oxygens (including phenoxy) is 1. The van der Waals surface area contributed by atoms with E-state index in [1.54, 1.807) is 44.2 Å². The van der Waals surface area contributed by atoms with Crippen molar-refractivity contribution < 1.29 is 14.3 Å². The van der Waals surface area contributed by atoms with E-state index in [1.807, 2.05) is 31.2 Å². The molecule has 2 N–H and O–H groups in total. The number of carbonyl (C=O) groups excluding carboxylic acids is 2. The lowest BCUT2D eigenvalue weighted by molar-refractivity contribution is 0.0526. The number of aryl methyl sites for hydroxylation is 2. The van der Waals surface area contributed by atoms with E-state index in [0.717, 1.165) is 11.3 Å². The smallest absolute Gasteiger partial charge is 0.338 e. The second kappa shape index (κ2) is 8.97. The topological polar surface area (TPSA) is 93.2 Å². The lowest BCUT2D eigenvalue weighted by Gasteiger charge is -2.09. The van der Waals surface area contributed by atoms with Crippen LogP contribution in [0.5, 0.6) is 0 Å². The van der Waals surface area contributed by atoms with Gasteiger partial charge in [-0.1, -0.05) is 17.7 Å². The Bertz CT molecular complexity index is 1020. The molecule has 3 aromatic rings. The Morgan fingerprint density at radius 2 is 1.59 bits per heavy atom. The highest BCUT2D eigenvalue weighted by molar-refractivity contribution is 6.03. The van der Waals surface area contributed by atoms with Crippen molar-refractivity contribution in [3.63, 3.8) is 0 Å². The van der Waals surface area contributed by atoms with Crippen LogP contribution in [0.2, 0.25) is 0 Å². The van der Waals surface area contributed by atoms with E-state index in [2.05, 4.69) is 20.6 Å². The van der Waals surface area contributed by atoms with E-state index in [9.17, 15) is 9.59 Å². The summed E-state index contributed by atoms with van der Waals surface area (Å²) in [6.45, 7) is 5.86. The van der Waals surface area contributed by atoms with Gasteiger partial charge in [0.2, 0.25) is 5.95 Å². The minimum atomic E-state index is -0.399. The molecular weight excluding hydrogens is 368 g/mol. The van der Waals surface area contributed by atoms with Crippen molar-refractivity contribution in [1.29, 1.82) is 0 Å². The first-order chi connectivity index (χ1) is 13.9. The van der Waals surface area contributed by atoms with Gasteiger partial charge in [-0.2, -0.15) is 0 Å². The first-order valence-electron chi connectivity index (χ1n) is 9.22. The highest BCUT2D eigenvalue weighted by Crippen LogP contribution is 2.16. The van der Waals surface area contributed by atoms with E-state index < -0.39 is 5.97 Å². The van der Waals surface area contributed by atoms with Gasteiger partial charge in [0, 0.05) is 17.1 Å². The second-order valence-corrected chi connectivity index (χ2v) is 6.46.